The number of nitrogens with zero attached hydrogens (tertiary/aromatic N) is 1. The van der Waals surface area contributed by atoms with Gasteiger partial charge in [0.1, 0.15) is 5.82 Å². The van der Waals surface area contributed by atoms with Crippen LogP contribution in [0.3, 0.4) is 0 Å². The third-order valence-electron chi connectivity index (χ3n) is 4.07. The second kappa shape index (κ2) is 8.84. The molecule has 7 heteroatoms. The lowest BCUT2D eigenvalue weighted by Crippen LogP contribution is -2.37. The number of benzene rings is 1. The van der Waals surface area contributed by atoms with Crippen molar-refractivity contribution in [2.45, 2.75) is 31.7 Å². The normalized spacial score (nSPS) is 19.8. The van der Waals surface area contributed by atoms with Crippen LogP contribution in [0.2, 0.25) is 0 Å². The van der Waals surface area contributed by atoms with Crippen molar-refractivity contribution in [1.82, 2.24) is 4.90 Å². The molecule has 0 radical (unpaired) electrons. The molecule has 1 aliphatic rings. The number of carbonyl (C=O) groups is 2. The Balaban J connectivity index is 0.00000264. The van der Waals surface area contributed by atoms with Gasteiger partial charge >= 0.3 is 0 Å². The van der Waals surface area contributed by atoms with Gasteiger partial charge in [-0.2, -0.15) is 0 Å². The number of nitrogens with one attached hydrogen (secondary N) is 1. The zero-order valence-corrected chi connectivity index (χ0v) is 13.9. The summed E-state index contributed by atoms with van der Waals surface area (Å²) in [7, 11) is 1.59. The van der Waals surface area contributed by atoms with E-state index in [4.69, 9.17) is 5.73 Å². The van der Waals surface area contributed by atoms with Gasteiger partial charge in [-0.05, 0) is 37.0 Å². The molecule has 0 unspecified atom stereocenters. The summed E-state index contributed by atoms with van der Waals surface area (Å²) in [5, 5.41) is 2.57. The predicted molar refractivity (Wildman–Crippen MR) is 89.8 cm³/mol. The van der Waals surface area contributed by atoms with E-state index in [2.05, 4.69) is 5.32 Å². The van der Waals surface area contributed by atoms with E-state index in [1.54, 1.807) is 13.1 Å². The molecule has 0 spiro atoms. The molecular formula is C16H23ClFN3O2. The first kappa shape index (κ1) is 19.4. The van der Waals surface area contributed by atoms with Crippen molar-refractivity contribution in [2.75, 3.05) is 18.9 Å². The minimum absolute atomic E-state index is 0. The number of nitrogens with two attached hydrogens (primary N) is 1. The fraction of sp³-hybridized carbons (Fsp3) is 0.500. The number of hydrogen-bond acceptors (Lipinski definition) is 3. The lowest BCUT2D eigenvalue weighted by atomic mass is 9.99. The van der Waals surface area contributed by atoms with Crippen molar-refractivity contribution >= 4 is 29.9 Å². The van der Waals surface area contributed by atoms with Crippen LogP contribution in [0, 0.1) is 11.7 Å². The number of carbonyl (C=O) groups excluding carboxylic acids is 2. The Morgan fingerprint density at radius 2 is 2.13 bits per heavy atom. The second-order valence-corrected chi connectivity index (χ2v) is 5.87. The predicted octanol–water partition coefficient (Wildman–Crippen LogP) is 2.16. The Kier molecular flexibility index (Phi) is 7.45. The van der Waals surface area contributed by atoms with E-state index in [9.17, 15) is 14.0 Å². The van der Waals surface area contributed by atoms with Gasteiger partial charge in [-0.25, -0.2) is 4.39 Å². The fourth-order valence-corrected chi connectivity index (χ4v) is 2.77. The van der Waals surface area contributed by atoms with Crippen LogP contribution in [0.4, 0.5) is 10.1 Å². The molecule has 1 aliphatic carbocycles. The summed E-state index contributed by atoms with van der Waals surface area (Å²) in [4.78, 5) is 25.4. The maximum atomic E-state index is 13.0. The minimum Gasteiger partial charge on any atom is -0.336 e. The third kappa shape index (κ3) is 5.80. The van der Waals surface area contributed by atoms with Crippen LogP contribution in [-0.4, -0.2) is 36.3 Å². The van der Waals surface area contributed by atoms with Gasteiger partial charge in [0.2, 0.25) is 11.8 Å². The molecule has 3 N–H and O–H groups in total. The molecule has 0 bridgehead atoms. The Hall–Kier alpha value is -1.66. The highest BCUT2D eigenvalue weighted by atomic mass is 35.5. The molecule has 23 heavy (non-hydrogen) atoms. The van der Waals surface area contributed by atoms with E-state index in [0.717, 1.165) is 19.3 Å². The molecule has 2 amide bonds. The summed E-state index contributed by atoms with van der Waals surface area (Å²) in [6, 6.07) is 5.73. The van der Waals surface area contributed by atoms with Crippen molar-refractivity contribution in [3.63, 3.8) is 0 Å². The van der Waals surface area contributed by atoms with Crippen molar-refractivity contribution in [3.05, 3.63) is 30.1 Å². The number of amides is 2. The van der Waals surface area contributed by atoms with Crippen molar-refractivity contribution in [3.8, 4) is 0 Å². The quantitative estimate of drug-likeness (QED) is 0.860. The van der Waals surface area contributed by atoms with E-state index in [-0.39, 0.29) is 42.7 Å². The standard InChI is InChI=1S/C16H22FN3O2.ClH/c1-20(16(22)8-11-4-2-7-14(11)18)10-15(21)19-13-6-3-5-12(17)9-13;/h3,5-6,9,11,14H,2,4,7-8,10,18H2,1H3,(H,19,21);1H/t11-,14+;/m0./s1. The van der Waals surface area contributed by atoms with Crippen molar-refractivity contribution in [2.24, 2.45) is 11.7 Å². The first-order chi connectivity index (χ1) is 10.5. The molecule has 5 nitrogen and oxygen atoms in total. The average molecular weight is 344 g/mol. The van der Waals surface area contributed by atoms with Crippen LogP contribution in [0.1, 0.15) is 25.7 Å². The molecule has 2 rings (SSSR count). The average Bonchev–Trinajstić information content (AvgIpc) is 2.84. The van der Waals surface area contributed by atoms with Crippen LogP contribution in [0.5, 0.6) is 0 Å². The number of rotatable bonds is 5. The van der Waals surface area contributed by atoms with Gasteiger partial charge in [0.25, 0.3) is 0 Å². The molecule has 1 fully saturated rings. The summed E-state index contributed by atoms with van der Waals surface area (Å²) in [5.74, 6) is -0.646. The largest absolute Gasteiger partial charge is 0.336 e. The smallest absolute Gasteiger partial charge is 0.243 e. The van der Waals surface area contributed by atoms with Crippen molar-refractivity contribution in [1.29, 1.82) is 0 Å². The number of halogens is 2. The summed E-state index contributed by atoms with van der Waals surface area (Å²) in [5.41, 5.74) is 6.34. The Labute approximate surface area is 141 Å². The maximum Gasteiger partial charge on any atom is 0.243 e. The topological polar surface area (TPSA) is 75.4 Å². The summed E-state index contributed by atoms with van der Waals surface area (Å²) in [6.45, 7) is -0.0582. The Morgan fingerprint density at radius 1 is 1.39 bits per heavy atom. The van der Waals surface area contributed by atoms with Crippen LogP contribution in [0.25, 0.3) is 0 Å². The van der Waals surface area contributed by atoms with E-state index in [0.29, 0.717) is 12.1 Å². The molecule has 0 saturated heterocycles. The molecule has 1 aromatic carbocycles. The monoisotopic (exact) mass is 343 g/mol. The van der Waals surface area contributed by atoms with Gasteiger partial charge < -0.3 is 16.0 Å². The summed E-state index contributed by atoms with van der Waals surface area (Å²) in [6.07, 6.45) is 3.37. The first-order valence-electron chi connectivity index (χ1n) is 7.50. The molecule has 1 aromatic rings. The number of anilines is 1. The van der Waals surface area contributed by atoms with Crippen LogP contribution < -0.4 is 11.1 Å². The molecular weight excluding hydrogens is 321 g/mol. The molecule has 128 valence electrons. The highest BCUT2D eigenvalue weighted by Gasteiger charge is 2.27. The second-order valence-electron chi connectivity index (χ2n) is 5.87. The first-order valence-corrected chi connectivity index (χ1v) is 7.50. The Bertz CT molecular complexity index is 556. The molecule has 2 atom stereocenters. The van der Waals surface area contributed by atoms with Gasteiger partial charge in [0.05, 0.1) is 6.54 Å². The zero-order chi connectivity index (χ0) is 16.1. The SMILES string of the molecule is CN(CC(=O)Nc1cccc(F)c1)C(=O)C[C@@H]1CCC[C@H]1N.Cl. The molecule has 1 saturated carbocycles. The molecule has 0 heterocycles. The van der Waals surface area contributed by atoms with E-state index in [1.165, 1.54) is 23.1 Å². The van der Waals surface area contributed by atoms with Crippen LogP contribution >= 0.6 is 12.4 Å². The van der Waals surface area contributed by atoms with Crippen LogP contribution in [-0.2, 0) is 9.59 Å². The summed E-state index contributed by atoms with van der Waals surface area (Å²) >= 11 is 0. The van der Waals surface area contributed by atoms with E-state index >= 15 is 0 Å². The zero-order valence-electron chi connectivity index (χ0n) is 13.1. The lowest BCUT2D eigenvalue weighted by molar-refractivity contribution is -0.134. The van der Waals surface area contributed by atoms with E-state index in [1.807, 2.05) is 0 Å². The molecule has 0 aromatic heterocycles. The van der Waals surface area contributed by atoms with Crippen molar-refractivity contribution < 1.29 is 14.0 Å². The minimum atomic E-state index is -0.419. The maximum absolute atomic E-state index is 13.0. The van der Waals surface area contributed by atoms with Gasteiger partial charge in [0.15, 0.2) is 0 Å². The number of likely N-dealkylation sites (N-methyl/N-ethyl adjacent to an activating group) is 1. The highest BCUT2D eigenvalue weighted by Crippen LogP contribution is 2.27. The summed E-state index contributed by atoms with van der Waals surface area (Å²) < 4.78 is 13.0. The third-order valence-corrected chi connectivity index (χ3v) is 4.07. The lowest BCUT2D eigenvalue weighted by Gasteiger charge is -2.20. The van der Waals surface area contributed by atoms with Crippen LogP contribution in [0.15, 0.2) is 24.3 Å². The van der Waals surface area contributed by atoms with E-state index < -0.39 is 5.82 Å². The molecule has 0 aliphatic heterocycles. The van der Waals surface area contributed by atoms with Gasteiger partial charge in [-0.15, -0.1) is 12.4 Å². The van der Waals surface area contributed by atoms with Gasteiger partial charge in [0, 0.05) is 25.2 Å². The highest BCUT2D eigenvalue weighted by molar-refractivity contribution is 5.94. The van der Waals surface area contributed by atoms with Gasteiger partial charge in [-0.3, -0.25) is 9.59 Å². The Morgan fingerprint density at radius 3 is 2.74 bits per heavy atom. The van der Waals surface area contributed by atoms with Gasteiger partial charge in [-0.1, -0.05) is 12.5 Å². The number of hydrogen-bond donors (Lipinski definition) is 2. The fourth-order valence-electron chi connectivity index (χ4n) is 2.77.